The van der Waals surface area contributed by atoms with E-state index in [2.05, 4.69) is 92.4 Å². The number of fused-ring (bicyclic) bond motifs is 4. The first-order valence-electron chi connectivity index (χ1n) is 14.6. The van der Waals surface area contributed by atoms with Gasteiger partial charge in [-0.1, -0.05) is 116 Å². The molecule has 0 saturated carbocycles. The van der Waals surface area contributed by atoms with E-state index in [1.807, 2.05) is 24.3 Å². The number of aliphatic hydroxyl groups excluding tert-OH is 1. The number of ketones is 1. The van der Waals surface area contributed by atoms with Gasteiger partial charge in [-0.05, 0) is 34.3 Å². The number of hydrogen-bond acceptors (Lipinski definition) is 4. The standard InChI is InChI=1S/C30H24NOSi.C7H9F3O2.Ir/c1-33(2,3)23-16-13-20(14-17-23)22-12-11-21-15-18-27(31-28(21)19-22)26-9-6-8-25-24-7-4-5-10-29(24)32-30(25)26;1-4(2)5(11)3-6(12)7(8,9)10;/h4-8,10-19H,1-3H3;3-4,12H,1-2H3;/q-1;;/b;6-3-;. The van der Waals surface area contributed by atoms with Crippen molar-refractivity contribution >= 4 is 51.9 Å². The van der Waals surface area contributed by atoms with Gasteiger partial charge in [0.05, 0.1) is 19.2 Å². The molecule has 2 heterocycles. The van der Waals surface area contributed by atoms with Gasteiger partial charge in [-0.2, -0.15) is 13.2 Å². The maximum Gasteiger partial charge on any atom is 0.448 e. The van der Waals surface area contributed by atoms with Crippen LogP contribution in [0.4, 0.5) is 13.2 Å². The van der Waals surface area contributed by atoms with E-state index in [1.165, 1.54) is 30.2 Å². The van der Waals surface area contributed by atoms with Gasteiger partial charge in [-0.3, -0.25) is 9.78 Å². The Labute approximate surface area is 280 Å². The van der Waals surface area contributed by atoms with Crippen LogP contribution in [0.2, 0.25) is 19.6 Å². The molecule has 2 aromatic heterocycles. The molecule has 239 valence electrons. The fraction of sp³-hybridized carbons (Fsp3) is 0.189. The van der Waals surface area contributed by atoms with Gasteiger partial charge in [0.1, 0.15) is 5.58 Å². The molecule has 0 spiro atoms. The minimum Gasteiger partial charge on any atom is -0.504 e. The normalized spacial score (nSPS) is 12.2. The number of carbonyl (C=O) groups is 1. The summed E-state index contributed by atoms with van der Waals surface area (Å²) in [6.07, 6.45) is -4.63. The van der Waals surface area contributed by atoms with Crippen LogP contribution >= 0.6 is 0 Å². The summed E-state index contributed by atoms with van der Waals surface area (Å²) in [5.41, 5.74) is 6.87. The first kappa shape index (κ1) is 34.8. The SMILES string of the molecule is CC(C)C(=O)/C=C(\O)C(F)(F)F.C[Si](C)(C)c1ccc(-c2ccc3ccc(-c4[c-]ccc5c4oc4ccccc45)nc3c2)cc1.[Ir]. The van der Waals surface area contributed by atoms with Gasteiger partial charge < -0.3 is 9.52 Å². The summed E-state index contributed by atoms with van der Waals surface area (Å²) in [5, 5.41) is 13.1. The Balaban J connectivity index is 0.000000318. The molecule has 0 aliphatic rings. The number of carbonyl (C=O) groups excluding carboxylic acids is 1. The number of aliphatic hydroxyl groups is 1. The number of pyridine rings is 1. The van der Waals surface area contributed by atoms with Crippen molar-refractivity contribution in [1.29, 1.82) is 0 Å². The molecule has 0 aliphatic heterocycles. The van der Waals surface area contributed by atoms with Crippen molar-refractivity contribution in [3.8, 4) is 22.4 Å². The van der Waals surface area contributed by atoms with Gasteiger partial charge in [0, 0.05) is 37.5 Å². The van der Waals surface area contributed by atoms with E-state index in [9.17, 15) is 18.0 Å². The number of furan rings is 1. The molecule has 0 atom stereocenters. The van der Waals surface area contributed by atoms with E-state index in [-0.39, 0.29) is 26.2 Å². The molecule has 4 nitrogen and oxygen atoms in total. The number of rotatable bonds is 5. The Kier molecular flexibility index (Phi) is 10.4. The third-order valence-corrected chi connectivity index (χ3v) is 9.57. The van der Waals surface area contributed by atoms with Crippen molar-refractivity contribution in [1.82, 2.24) is 4.98 Å². The summed E-state index contributed by atoms with van der Waals surface area (Å²) >= 11 is 0. The quantitative estimate of drug-likeness (QED) is 0.0815. The van der Waals surface area contributed by atoms with Gasteiger partial charge in [-0.15, -0.1) is 18.2 Å². The summed E-state index contributed by atoms with van der Waals surface area (Å²) in [5.74, 6) is -3.14. The van der Waals surface area contributed by atoms with Crippen molar-refractivity contribution in [3.05, 3.63) is 109 Å². The van der Waals surface area contributed by atoms with Crippen molar-refractivity contribution in [3.63, 3.8) is 0 Å². The minimum absolute atomic E-state index is 0. The molecule has 4 aromatic carbocycles. The summed E-state index contributed by atoms with van der Waals surface area (Å²) in [7, 11) is -1.31. The number of nitrogens with zero attached hydrogens (tertiary/aromatic N) is 1. The number of aromatic nitrogens is 1. The molecule has 46 heavy (non-hydrogen) atoms. The van der Waals surface area contributed by atoms with Crippen LogP contribution in [0.1, 0.15) is 13.8 Å². The molecule has 6 aromatic rings. The molecular formula is C37H33F3IrNO3Si-. The second kappa shape index (κ2) is 13.8. The zero-order valence-electron chi connectivity index (χ0n) is 26.0. The summed E-state index contributed by atoms with van der Waals surface area (Å²) in [4.78, 5) is 15.7. The molecule has 0 amide bonds. The van der Waals surface area contributed by atoms with Crippen LogP contribution in [-0.2, 0) is 24.9 Å². The number of hydrogen-bond donors (Lipinski definition) is 1. The minimum atomic E-state index is -4.83. The Morgan fingerprint density at radius 3 is 2.22 bits per heavy atom. The molecule has 6 rings (SSSR count). The second-order valence-electron chi connectivity index (χ2n) is 12.2. The van der Waals surface area contributed by atoms with Gasteiger partial charge in [-0.25, -0.2) is 0 Å². The first-order chi connectivity index (χ1) is 21.2. The molecule has 0 saturated heterocycles. The Bertz CT molecular complexity index is 2040. The van der Waals surface area contributed by atoms with Crippen molar-refractivity contribution in [2.45, 2.75) is 39.7 Å². The third-order valence-electron chi connectivity index (χ3n) is 7.51. The fourth-order valence-corrected chi connectivity index (χ4v) is 6.03. The molecule has 0 bridgehead atoms. The number of halogens is 3. The zero-order valence-corrected chi connectivity index (χ0v) is 29.4. The van der Waals surface area contributed by atoms with Crippen molar-refractivity contribution < 1.29 is 47.6 Å². The van der Waals surface area contributed by atoms with E-state index >= 15 is 0 Å². The average molecular weight is 817 g/mol. The van der Waals surface area contributed by atoms with E-state index < -0.39 is 31.7 Å². The van der Waals surface area contributed by atoms with Crippen molar-refractivity contribution in [2.24, 2.45) is 5.92 Å². The number of para-hydroxylation sites is 1. The van der Waals surface area contributed by atoms with Crippen LogP contribution in [0.3, 0.4) is 0 Å². The van der Waals surface area contributed by atoms with Crippen LogP contribution in [0.15, 0.2) is 107 Å². The van der Waals surface area contributed by atoms with Gasteiger partial charge in [0.15, 0.2) is 5.78 Å². The van der Waals surface area contributed by atoms with Crippen LogP contribution in [0, 0.1) is 12.0 Å². The van der Waals surface area contributed by atoms with Gasteiger partial charge >= 0.3 is 6.18 Å². The van der Waals surface area contributed by atoms with E-state index in [1.54, 1.807) is 0 Å². The molecule has 9 heteroatoms. The Hall–Kier alpha value is -4.04. The van der Waals surface area contributed by atoms with Crippen LogP contribution < -0.4 is 5.19 Å². The second-order valence-corrected chi connectivity index (χ2v) is 17.3. The topological polar surface area (TPSA) is 63.3 Å². The van der Waals surface area contributed by atoms with E-state index in [0.29, 0.717) is 0 Å². The molecular weight excluding hydrogens is 784 g/mol. The molecule has 0 aliphatic carbocycles. The molecule has 1 radical (unpaired) electrons. The number of allylic oxidation sites excluding steroid dienone is 2. The van der Waals surface area contributed by atoms with Crippen LogP contribution in [0.5, 0.6) is 0 Å². The first-order valence-corrected chi connectivity index (χ1v) is 18.1. The molecule has 0 fully saturated rings. The predicted octanol–water partition coefficient (Wildman–Crippen LogP) is 10.0. The largest absolute Gasteiger partial charge is 0.504 e. The Morgan fingerprint density at radius 1 is 0.913 bits per heavy atom. The number of benzene rings is 4. The number of alkyl halides is 3. The van der Waals surface area contributed by atoms with Crippen LogP contribution in [0.25, 0.3) is 55.2 Å². The zero-order chi connectivity index (χ0) is 32.5. The molecule has 1 N–H and O–H groups in total. The maximum absolute atomic E-state index is 11.6. The predicted molar refractivity (Wildman–Crippen MR) is 178 cm³/mol. The summed E-state index contributed by atoms with van der Waals surface area (Å²) < 4.78 is 41.0. The van der Waals surface area contributed by atoms with Crippen molar-refractivity contribution in [2.75, 3.05) is 0 Å². The van der Waals surface area contributed by atoms with E-state index in [4.69, 9.17) is 14.5 Å². The third kappa shape index (κ3) is 7.66. The van der Waals surface area contributed by atoms with Gasteiger partial charge in [0.25, 0.3) is 0 Å². The maximum atomic E-state index is 11.6. The average Bonchev–Trinajstić information content (AvgIpc) is 3.39. The smallest absolute Gasteiger partial charge is 0.448 e. The van der Waals surface area contributed by atoms with Gasteiger partial charge in [0.2, 0.25) is 5.76 Å². The molecule has 0 unspecified atom stereocenters. The van der Waals surface area contributed by atoms with E-state index in [0.717, 1.165) is 44.1 Å². The van der Waals surface area contributed by atoms with Crippen LogP contribution in [-0.4, -0.2) is 30.1 Å². The summed E-state index contributed by atoms with van der Waals surface area (Å²) in [6, 6.07) is 35.3. The fourth-order valence-electron chi connectivity index (χ4n) is 4.86. The monoisotopic (exact) mass is 817 g/mol. The summed E-state index contributed by atoms with van der Waals surface area (Å²) in [6.45, 7) is 10.0. The Morgan fingerprint density at radius 2 is 1.57 bits per heavy atom.